The third-order valence-electron chi connectivity index (χ3n) is 3.91. The van der Waals surface area contributed by atoms with Crippen LogP contribution in [0.1, 0.15) is 29.8 Å². The van der Waals surface area contributed by atoms with Crippen LogP contribution in [0.5, 0.6) is 0 Å². The summed E-state index contributed by atoms with van der Waals surface area (Å²) < 4.78 is 1.70. The van der Waals surface area contributed by atoms with Gasteiger partial charge in [-0.15, -0.1) is 0 Å². The zero-order chi connectivity index (χ0) is 16.5. The van der Waals surface area contributed by atoms with Crippen molar-refractivity contribution in [2.24, 2.45) is 0 Å². The molecule has 0 saturated heterocycles. The van der Waals surface area contributed by atoms with Gasteiger partial charge < -0.3 is 10.7 Å². The minimum atomic E-state index is 0.239. The smallest absolute Gasteiger partial charge is 0.170 e. The van der Waals surface area contributed by atoms with Crippen LogP contribution in [0, 0.1) is 0 Å². The van der Waals surface area contributed by atoms with Gasteiger partial charge in [0.2, 0.25) is 0 Å². The Bertz CT molecular complexity index is 1030. The third-order valence-corrected chi connectivity index (χ3v) is 3.91. The predicted molar refractivity (Wildman–Crippen MR) is 93.9 cm³/mol. The number of aromatic nitrogens is 4. The van der Waals surface area contributed by atoms with Crippen molar-refractivity contribution in [2.45, 2.75) is 19.3 Å². The lowest BCUT2D eigenvalue weighted by atomic mass is 10.1. The first kappa shape index (κ1) is 14.4. The van der Waals surface area contributed by atoms with Crippen LogP contribution >= 0.6 is 0 Å². The summed E-state index contributed by atoms with van der Waals surface area (Å²) in [5.41, 5.74) is 9.56. The molecule has 0 bridgehead atoms. The number of pyridine rings is 2. The molecule has 0 amide bonds. The van der Waals surface area contributed by atoms with Gasteiger partial charge in [0.25, 0.3) is 0 Å². The molecule has 4 aromatic rings. The number of fused-ring (bicyclic) bond motifs is 2. The van der Waals surface area contributed by atoms with E-state index >= 15 is 0 Å². The molecular formula is C18H17N5O. The molecule has 3 N–H and O–H groups in total. The standard InChI is InChI=1S/C15H11N5O.C3H6/c16-14-12(8-21)20-7-9(3-4-13(20)19-14)11-6-18-15-10(11)2-1-5-17-15;1-2-3-1/h1-8H,16H2,(H,17,18);1-3H2. The van der Waals surface area contributed by atoms with Gasteiger partial charge in [-0.25, -0.2) is 9.97 Å². The summed E-state index contributed by atoms with van der Waals surface area (Å²) in [4.78, 5) is 22.7. The molecule has 0 aliphatic heterocycles. The number of nitrogens with zero attached hydrogens (tertiary/aromatic N) is 3. The zero-order valence-electron chi connectivity index (χ0n) is 13.1. The van der Waals surface area contributed by atoms with E-state index in [1.165, 1.54) is 19.3 Å². The Morgan fingerprint density at radius 1 is 1.21 bits per heavy atom. The number of aromatic amines is 1. The van der Waals surface area contributed by atoms with E-state index in [1.807, 2.05) is 36.7 Å². The van der Waals surface area contributed by atoms with Gasteiger partial charge in [-0.05, 0) is 24.3 Å². The number of H-pyrrole nitrogens is 1. The number of aldehydes is 1. The lowest BCUT2D eigenvalue weighted by molar-refractivity contribution is 0.111. The van der Waals surface area contributed by atoms with E-state index in [1.54, 1.807) is 10.6 Å². The number of carbonyl (C=O) groups excluding carboxylic acids is 1. The van der Waals surface area contributed by atoms with Crippen LogP contribution in [0.15, 0.2) is 42.9 Å². The molecule has 0 spiro atoms. The molecule has 4 aromatic heterocycles. The Kier molecular flexibility index (Phi) is 3.49. The van der Waals surface area contributed by atoms with Crippen molar-refractivity contribution in [2.75, 3.05) is 5.73 Å². The van der Waals surface area contributed by atoms with Crippen LogP contribution in [0.2, 0.25) is 0 Å². The Balaban J connectivity index is 0.000000440. The summed E-state index contributed by atoms with van der Waals surface area (Å²) in [6.07, 6.45) is 10.7. The summed E-state index contributed by atoms with van der Waals surface area (Å²) in [6.45, 7) is 0. The molecule has 24 heavy (non-hydrogen) atoms. The van der Waals surface area contributed by atoms with E-state index in [9.17, 15) is 4.79 Å². The van der Waals surface area contributed by atoms with Crippen molar-refractivity contribution in [3.63, 3.8) is 0 Å². The highest BCUT2D eigenvalue weighted by atomic mass is 16.1. The Labute approximate surface area is 138 Å². The van der Waals surface area contributed by atoms with Crippen molar-refractivity contribution in [3.8, 4) is 11.1 Å². The highest BCUT2D eigenvalue weighted by Crippen LogP contribution is 2.28. The van der Waals surface area contributed by atoms with Gasteiger partial charge in [0, 0.05) is 35.1 Å². The first-order valence-electron chi connectivity index (χ1n) is 7.93. The number of nitrogens with one attached hydrogen (secondary N) is 1. The SMILES string of the molecule is C1CC1.Nc1nc2ccc(-c3c[nH]c4ncccc34)cn2c1C=O. The minimum absolute atomic E-state index is 0.239. The highest BCUT2D eigenvalue weighted by Gasteiger charge is 2.11. The molecule has 0 aromatic carbocycles. The van der Waals surface area contributed by atoms with Crippen LogP contribution < -0.4 is 5.73 Å². The quantitative estimate of drug-likeness (QED) is 0.554. The number of hydrogen-bond donors (Lipinski definition) is 2. The number of imidazole rings is 1. The van der Waals surface area contributed by atoms with Crippen molar-refractivity contribution in [1.29, 1.82) is 0 Å². The summed E-state index contributed by atoms with van der Waals surface area (Å²) in [7, 11) is 0. The molecule has 6 heteroatoms. The van der Waals surface area contributed by atoms with E-state index in [-0.39, 0.29) is 5.82 Å². The molecule has 4 heterocycles. The molecule has 0 radical (unpaired) electrons. The first-order valence-corrected chi connectivity index (χ1v) is 7.93. The lowest BCUT2D eigenvalue weighted by Crippen LogP contribution is -1.95. The Morgan fingerprint density at radius 2 is 2.04 bits per heavy atom. The van der Waals surface area contributed by atoms with Gasteiger partial charge in [0.05, 0.1) is 0 Å². The van der Waals surface area contributed by atoms with Crippen molar-refractivity contribution in [3.05, 3.63) is 48.5 Å². The summed E-state index contributed by atoms with van der Waals surface area (Å²) in [5, 5.41) is 1.03. The van der Waals surface area contributed by atoms with Crippen LogP contribution in [0.25, 0.3) is 27.8 Å². The second kappa shape index (κ2) is 5.81. The van der Waals surface area contributed by atoms with Gasteiger partial charge in [-0.3, -0.25) is 9.20 Å². The molecule has 0 atom stereocenters. The molecule has 1 saturated carbocycles. The van der Waals surface area contributed by atoms with Gasteiger partial charge in [0.15, 0.2) is 12.1 Å². The third kappa shape index (κ3) is 2.52. The molecule has 1 fully saturated rings. The van der Waals surface area contributed by atoms with E-state index in [4.69, 9.17) is 5.73 Å². The number of carbonyl (C=O) groups is 1. The van der Waals surface area contributed by atoms with Crippen molar-refractivity contribution >= 4 is 28.8 Å². The Hall–Kier alpha value is -3.15. The fourth-order valence-electron chi connectivity index (χ4n) is 2.55. The molecule has 6 nitrogen and oxygen atoms in total. The molecule has 120 valence electrons. The number of nitrogen functional groups attached to an aromatic ring is 1. The first-order chi connectivity index (χ1) is 11.8. The average molecular weight is 319 g/mol. The molecule has 5 rings (SSSR count). The maximum absolute atomic E-state index is 11.2. The van der Waals surface area contributed by atoms with E-state index < -0.39 is 0 Å². The van der Waals surface area contributed by atoms with Gasteiger partial charge >= 0.3 is 0 Å². The normalized spacial score (nSPS) is 12.8. The number of hydrogen-bond acceptors (Lipinski definition) is 4. The summed E-state index contributed by atoms with van der Waals surface area (Å²) >= 11 is 0. The summed E-state index contributed by atoms with van der Waals surface area (Å²) in [6, 6.07) is 7.69. The molecule has 0 unspecified atom stereocenters. The fraction of sp³-hybridized carbons (Fsp3) is 0.167. The number of nitrogens with two attached hydrogens (primary N) is 1. The van der Waals surface area contributed by atoms with Crippen LogP contribution in [-0.2, 0) is 0 Å². The second-order valence-corrected chi connectivity index (χ2v) is 5.81. The molecule has 1 aliphatic rings. The Morgan fingerprint density at radius 3 is 2.79 bits per heavy atom. The van der Waals surface area contributed by atoms with Gasteiger partial charge in [-0.1, -0.05) is 19.3 Å². The topological polar surface area (TPSA) is 89.1 Å². The maximum Gasteiger partial charge on any atom is 0.170 e. The monoisotopic (exact) mass is 319 g/mol. The van der Waals surface area contributed by atoms with Crippen LogP contribution in [0.4, 0.5) is 5.82 Å². The average Bonchev–Trinajstić information content (AvgIpc) is 3.37. The minimum Gasteiger partial charge on any atom is -0.382 e. The lowest BCUT2D eigenvalue weighted by Gasteiger charge is -2.02. The highest BCUT2D eigenvalue weighted by molar-refractivity contribution is 5.93. The van der Waals surface area contributed by atoms with Gasteiger partial charge in [0.1, 0.15) is 17.0 Å². The van der Waals surface area contributed by atoms with E-state index in [2.05, 4.69) is 15.0 Å². The van der Waals surface area contributed by atoms with Crippen LogP contribution in [0.3, 0.4) is 0 Å². The summed E-state index contributed by atoms with van der Waals surface area (Å²) in [5.74, 6) is 0.239. The zero-order valence-corrected chi connectivity index (χ0v) is 13.1. The van der Waals surface area contributed by atoms with E-state index in [0.717, 1.165) is 28.4 Å². The largest absolute Gasteiger partial charge is 0.382 e. The second-order valence-electron chi connectivity index (χ2n) is 5.81. The molecule has 1 aliphatic carbocycles. The number of rotatable bonds is 2. The fourth-order valence-corrected chi connectivity index (χ4v) is 2.55. The van der Waals surface area contributed by atoms with Crippen molar-refractivity contribution in [1.82, 2.24) is 19.4 Å². The molecular weight excluding hydrogens is 302 g/mol. The van der Waals surface area contributed by atoms with Crippen LogP contribution in [-0.4, -0.2) is 25.6 Å². The number of anilines is 1. The van der Waals surface area contributed by atoms with Gasteiger partial charge in [-0.2, -0.15) is 0 Å². The predicted octanol–water partition coefficient (Wildman–Crippen LogP) is 3.44. The van der Waals surface area contributed by atoms with Crippen molar-refractivity contribution < 1.29 is 4.79 Å². The van der Waals surface area contributed by atoms with E-state index in [0.29, 0.717) is 11.3 Å². The maximum atomic E-state index is 11.2.